The van der Waals surface area contributed by atoms with Crippen molar-refractivity contribution in [3.8, 4) is 6.07 Å². The average Bonchev–Trinajstić information content (AvgIpc) is 3.21. The highest BCUT2D eigenvalue weighted by atomic mass is 16.5. The second-order valence-electron chi connectivity index (χ2n) is 8.48. The predicted octanol–water partition coefficient (Wildman–Crippen LogP) is 5.03. The summed E-state index contributed by atoms with van der Waals surface area (Å²) in [5.41, 5.74) is 4.66. The van der Waals surface area contributed by atoms with E-state index in [1.54, 1.807) is 24.0 Å². The van der Waals surface area contributed by atoms with Crippen LogP contribution >= 0.6 is 0 Å². The highest BCUT2D eigenvalue weighted by molar-refractivity contribution is 6.07. The van der Waals surface area contributed by atoms with Crippen LogP contribution in [0.25, 0.3) is 11.0 Å². The van der Waals surface area contributed by atoms with Gasteiger partial charge in [-0.2, -0.15) is 5.26 Å². The number of carbonyl (C=O) groups is 2. The normalized spacial score (nSPS) is 10.7. The zero-order valence-electron chi connectivity index (χ0n) is 20.5. The summed E-state index contributed by atoms with van der Waals surface area (Å²) >= 11 is 0. The first-order chi connectivity index (χ1) is 17.5. The van der Waals surface area contributed by atoms with Gasteiger partial charge in [-0.15, -0.1) is 0 Å². The minimum absolute atomic E-state index is 0.147. The number of aromatic nitrogens is 2. The molecule has 0 saturated heterocycles. The van der Waals surface area contributed by atoms with Crippen LogP contribution < -0.4 is 4.90 Å². The molecule has 0 unspecified atom stereocenters. The van der Waals surface area contributed by atoms with E-state index in [-0.39, 0.29) is 18.3 Å². The second kappa shape index (κ2) is 11.3. The summed E-state index contributed by atoms with van der Waals surface area (Å²) in [4.78, 5) is 31.9. The molecule has 0 atom stereocenters. The third kappa shape index (κ3) is 5.61. The van der Waals surface area contributed by atoms with Crippen LogP contribution in [0.5, 0.6) is 0 Å². The van der Waals surface area contributed by atoms with Crippen LogP contribution in [0.15, 0.2) is 72.8 Å². The summed E-state index contributed by atoms with van der Waals surface area (Å²) in [6.45, 7) is 2.52. The zero-order chi connectivity index (χ0) is 25.5. The van der Waals surface area contributed by atoms with Gasteiger partial charge in [0.1, 0.15) is 5.82 Å². The molecule has 0 spiro atoms. The van der Waals surface area contributed by atoms with Crippen molar-refractivity contribution >= 4 is 28.6 Å². The van der Waals surface area contributed by atoms with Gasteiger partial charge in [0.25, 0.3) is 5.91 Å². The Balaban J connectivity index is 1.57. The molecule has 0 saturated carbocycles. The molecule has 0 bridgehead atoms. The Bertz CT molecular complexity index is 1400. The van der Waals surface area contributed by atoms with Gasteiger partial charge in [-0.25, -0.2) is 4.98 Å². The average molecular weight is 481 g/mol. The van der Waals surface area contributed by atoms with Crippen LogP contribution in [0, 0.1) is 11.3 Å². The lowest BCUT2D eigenvalue weighted by Crippen LogP contribution is -2.32. The van der Waals surface area contributed by atoms with Gasteiger partial charge in [-0.1, -0.05) is 30.3 Å². The molecule has 4 rings (SSSR count). The summed E-state index contributed by atoms with van der Waals surface area (Å²) in [5.74, 6) is 0.461. The molecule has 0 N–H and O–H groups in total. The molecule has 7 heteroatoms. The number of hydrogen-bond acceptors (Lipinski definition) is 5. The highest BCUT2D eigenvalue weighted by Crippen LogP contribution is 2.23. The van der Waals surface area contributed by atoms with Crippen molar-refractivity contribution in [2.75, 3.05) is 18.1 Å². The first kappa shape index (κ1) is 24.7. The van der Waals surface area contributed by atoms with Crippen LogP contribution in [0.3, 0.4) is 0 Å². The lowest BCUT2D eigenvalue weighted by Gasteiger charge is -2.23. The molecule has 4 aromatic rings. The topological polar surface area (TPSA) is 88.2 Å². The van der Waals surface area contributed by atoms with E-state index in [2.05, 4.69) is 6.07 Å². The Kier molecular flexibility index (Phi) is 7.76. The smallest absolute Gasteiger partial charge is 0.305 e. The summed E-state index contributed by atoms with van der Waals surface area (Å²) < 4.78 is 7.05. The lowest BCUT2D eigenvalue weighted by molar-refractivity contribution is -0.143. The van der Waals surface area contributed by atoms with E-state index in [9.17, 15) is 9.59 Å². The molecular weight excluding hydrogens is 452 g/mol. The number of hydrogen-bond donors (Lipinski definition) is 0. The number of aryl methyl sites for hydroxylation is 1. The van der Waals surface area contributed by atoms with E-state index in [0.717, 1.165) is 28.1 Å². The Labute approximate surface area is 210 Å². The number of amides is 1. The number of anilines is 1. The van der Waals surface area contributed by atoms with Gasteiger partial charge < -0.3 is 14.2 Å². The minimum atomic E-state index is -0.261. The van der Waals surface area contributed by atoms with Gasteiger partial charge in [-0.3, -0.25) is 9.59 Å². The fourth-order valence-corrected chi connectivity index (χ4v) is 4.15. The third-order valence-corrected chi connectivity index (χ3v) is 6.05. The number of benzene rings is 3. The maximum absolute atomic E-state index is 13.6. The molecule has 1 heterocycles. The number of para-hydroxylation sites is 1. The molecule has 3 aromatic carbocycles. The number of nitrogens with zero attached hydrogens (tertiary/aromatic N) is 4. The van der Waals surface area contributed by atoms with E-state index in [1.807, 2.05) is 72.3 Å². The number of ether oxygens (including phenoxy) is 1. The number of fused-ring (bicyclic) bond motifs is 1. The maximum atomic E-state index is 13.6. The van der Waals surface area contributed by atoms with E-state index in [1.165, 1.54) is 0 Å². The molecule has 0 aliphatic carbocycles. The molecule has 182 valence electrons. The van der Waals surface area contributed by atoms with E-state index in [4.69, 9.17) is 15.0 Å². The van der Waals surface area contributed by atoms with Crippen molar-refractivity contribution in [2.24, 2.45) is 7.05 Å². The maximum Gasteiger partial charge on any atom is 0.305 e. The third-order valence-electron chi connectivity index (χ3n) is 6.05. The summed E-state index contributed by atoms with van der Waals surface area (Å²) in [5, 5.41) is 9.02. The molecule has 0 aliphatic rings. The van der Waals surface area contributed by atoms with Gasteiger partial charge in [-0.05, 0) is 61.4 Å². The van der Waals surface area contributed by atoms with Crippen molar-refractivity contribution in [1.82, 2.24) is 9.55 Å². The fraction of sp³-hybridized carbons (Fsp3) is 0.241. The van der Waals surface area contributed by atoms with Gasteiger partial charge >= 0.3 is 5.97 Å². The van der Waals surface area contributed by atoms with Crippen LogP contribution in [-0.4, -0.2) is 34.6 Å². The van der Waals surface area contributed by atoms with E-state index in [0.29, 0.717) is 37.1 Å². The van der Waals surface area contributed by atoms with Crippen molar-refractivity contribution in [3.05, 3.63) is 95.3 Å². The number of imidazole rings is 1. The summed E-state index contributed by atoms with van der Waals surface area (Å²) in [6.07, 6.45) is 1.37. The van der Waals surface area contributed by atoms with Crippen molar-refractivity contribution < 1.29 is 14.3 Å². The zero-order valence-corrected chi connectivity index (χ0v) is 20.5. The van der Waals surface area contributed by atoms with Crippen molar-refractivity contribution in [3.63, 3.8) is 0 Å². The highest BCUT2D eigenvalue weighted by Gasteiger charge is 2.20. The van der Waals surface area contributed by atoms with E-state index < -0.39 is 0 Å². The first-order valence-electron chi connectivity index (χ1n) is 12.0. The van der Waals surface area contributed by atoms with Crippen molar-refractivity contribution in [1.29, 1.82) is 5.26 Å². The Hall–Kier alpha value is -4.44. The Morgan fingerprint density at radius 2 is 1.81 bits per heavy atom. The molecule has 7 nitrogen and oxygen atoms in total. The predicted molar refractivity (Wildman–Crippen MR) is 139 cm³/mol. The number of nitriles is 1. The summed E-state index contributed by atoms with van der Waals surface area (Å²) in [7, 11) is 1.96. The fourth-order valence-electron chi connectivity index (χ4n) is 4.15. The van der Waals surface area contributed by atoms with Gasteiger partial charge in [0, 0.05) is 37.7 Å². The molecule has 0 aliphatic heterocycles. The standard InChI is InChI=1S/C29H28N4O3/c1-3-36-28(34)10-7-17-33(24-8-5-4-6-9-24)29(35)23-15-16-26-25(19-23)31-27(32(26)2)18-21-11-13-22(20-30)14-12-21/h4-6,8-9,11-16,19H,3,7,10,17-18H2,1-2H3. The second-order valence-corrected chi connectivity index (χ2v) is 8.48. The quantitative estimate of drug-likeness (QED) is 0.314. The van der Waals surface area contributed by atoms with E-state index >= 15 is 0 Å². The van der Waals surface area contributed by atoms with Gasteiger partial charge in [0.2, 0.25) is 0 Å². The monoisotopic (exact) mass is 480 g/mol. The molecule has 0 fully saturated rings. The molecule has 1 amide bonds. The molecule has 0 radical (unpaired) electrons. The number of carbonyl (C=O) groups excluding carboxylic acids is 2. The number of rotatable bonds is 9. The van der Waals surface area contributed by atoms with Gasteiger partial charge in [0.05, 0.1) is 29.3 Å². The van der Waals surface area contributed by atoms with Crippen molar-refractivity contribution in [2.45, 2.75) is 26.2 Å². The number of esters is 1. The van der Waals surface area contributed by atoms with Crippen LogP contribution in [-0.2, 0) is 23.0 Å². The Morgan fingerprint density at radius 3 is 2.50 bits per heavy atom. The van der Waals surface area contributed by atoms with Crippen LogP contribution in [0.2, 0.25) is 0 Å². The van der Waals surface area contributed by atoms with Crippen LogP contribution in [0.4, 0.5) is 5.69 Å². The first-order valence-corrected chi connectivity index (χ1v) is 12.0. The Morgan fingerprint density at radius 1 is 1.06 bits per heavy atom. The molecule has 36 heavy (non-hydrogen) atoms. The lowest BCUT2D eigenvalue weighted by atomic mass is 10.1. The molecule has 1 aromatic heterocycles. The molecular formula is C29H28N4O3. The van der Waals surface area contributed by atoms with Gasteiger partial charge in [0.15, 0.2) is 0 Å². The van der Waals surface area contributed by atoms with Crippen LogP contribution in [0.1, 0.15) is 47.1 Å². The summed E-state index contributed by atoms with van der Waals surface area (Å²) in [6, 6.07) is 24.6. The minimum Gasteiger partial charge on any atom is -0.466 e. The SMILES string of the molecule is CCOC(=O)CCCN(C(=O)c1ccc2c(c1)nc(Cc1ccc(C#N)cc1)n2C)c1ccccc1. The largest absolute Gasteiger partial charge is 0.466 e.